The summed E-state index contributed by atoms with van der Waals surface area (Å²) in [5.74, 6) is 0.497. The van der Waals surface area contributed by atoms with Crippen molar-refractivity contribution >= 4 is 5.97 Å². The Labute approximate surface area is 142 Å². The Morgan fingerprint density at radius 1 is 1.00 bits per heavy atom. The predicted molar refractivity (Wildman–Crippen MR) is 92.5 cm³/mol. The Kier molecular flexibility index (Phi) is 5.97. The molecule has 0 unspecified atom stereocenters. The van der Waals surface area contributed by atoms with Crippen LogP contribution in [0.1, 0.15) is 32.8 Å². The van der Waals surface area contributed by atoms with Crippen molar-refractivity contribution in [2.45, 2.75) is 39.4 Å². The van der Waals surface area contributed by atoms with Crippen molar-refractivity contribution in [3.05, 3.63) is 54.1 Å². The van der Waals surface area contributed by atoms with Crippen molar-refractivity contribution in [3.63, 3.8) is 0 Å². The van der Waals surface area contributed by atoms with Crippen molar-refractivity contribution in [2.24, 2.45) is 0 Å². The van der Waals surface area contributed by atoms with Crippen molar-refractivity contribution in [3.8, 4) is 22.9 Å². The quantitative estimate of drug-likeness (QED) is 0.742. The molecule has 124 valence electrons. The highest BCUT2D eigenvalue weighted by molar-refractivity contribution is 5.66. The molecule has 2 aromatic carbocycles. The van der Waals surface area contributed by atoms with E-state index in [2.05, 4.69) is 6.07 Å². The zero-order valence-corrected chi connectivity index (χ0v) is 14.2. The van der Waals surface area contributed by atoms with E-state index in [4.69, 9.17) is 14.7 Å². The fourth-order valence-electron chi connectivity index (χ4n) is 2.54. The van der Waals surface area contributed by atoms with Crippen LogP contribution in [0, 0.1) is 11.3 Å². The fourth-order valence-corrected chi connectivity index (χ4v) is 2.54. The van der Waals surface area contributed by atoms with Crippen LogP contribution in [-0.2, 0) is 9.53 Å². The molecule has 0 aliphatic heterocycles. The molecule has 24 heavy (non-hydrogen) atoms. The molecule has 2 rings (SSSR count). The number of rotatable bonds is 6. The van der Waals surface area contributed by atoms with E-state index in [0.29, 0.717) is 12.0 Å². The second-order valence-electron chi connectivity index (χ2n) is 5.80. The van der Waals surface area contributed by atoms with Crippen molar-refractivity contribution in [1.82, 2.24) is 0 Å². The summed E-state index contributed by atoms with van der Waals surface area (Å²) in [5, 5.41) is 8.84. The molecule has 0 aliphatic carbocycles. The van der Waals surface area contributed by atoms with Crippen molar-refractivity contribution in [2.75, 3.05) is 0 Å². The van der Waals surface area contributed by atoms with Gasteiger partial charge in [0.2, 0.25) is 0 Å². The number of carbonyl (C=O) groups excluding carboxylic acids is 1. The minimum atomic E-state index is -0.276. The molecule has 0 amide bonds. The zero-order valence-electron chi connectivity index (χ0n) is 14.2. The third-order valence-corrected chi connectivity index (χ3v) is 3.57. The van der Waals surface area contributed by atoms with Gasteiger partial charge in [-0.3, -0.25) is 4.79 Å². The molecule has 0 bridgehead atoms. The van der Waals surface area contributed by atoms with Crippen LogP contribution >= 0.6 is 0 Å². The normalized spacial score (nSPS) is 12.8. The average Bonchev–Trinajstić information content (AvgIpc) is 2.54. The van der Waals surface area contributed by atoms with Crippen LogP contribution in [0.15, 0.2) is 48.5 Å². The Bertz CT molecular complexity index is 714. The Hall–Kier alpha value is -2.80. The van der Waals surface area contributed by atoms with Gasteiger partial charge in [0, 0.05) is 13.3 Å². The summed E-state index contributed by atoms with van der Waals surface area (Å²) in [4.78, 5) is 10.9. The summed E-state index contributed by atoms with van der Waals surface area (Å²) in [6.07, 6.45) is 0.410. The summed E-state index contributed by atoms with van der Waals surface area (Å²) in [6, 6.07) is 17.4. The van der Waals surface area contributed by atoms with E-state index in [9.17, 15) is 4.79 Å². The number of hydrogen-bond acceptors (Lipinski definition) is 4. The minimum Gasteiger partial charge on any atom is -0.491 e. The van der Waals surface area contributed by atoms with Gasteiger partial charge in [-0.05, 0) is 49.2 Å². The lowest BCUT2D eigenvalue weighted by atomic mass is 10.0. The standard InChI is InChI=1S/C20H21NO3/c1-14(23-16(3)22)12-15(2)24-20-10-8-19(9-11-20)18-6-4-17(13-21)5-7-18/h4-11,14-15H,12H2,1-3H3/t14-,15-/m0/s1. The van der Waals surface area contributed by atoms with Gasteiger partial charge in [-0.1, -0.05) is 24.3 Å². The molecule has 0 saturated heterocycles. The fraction of sp³-hybridized carbons (Fsp3) is 0.300. The van der Waals surface area contributed by atoms with E-state index in [0.717, 1.165) is 16.9 Å². The third kappa shape index (κ3) is 5.13. The number of nitriles is 1. The largest absolute Gasteiger partial charge is 0.491 e. The van der Waals surface area contributed by atoms with Crippen LogP contribution in [0.3, 0.4) is 0 Å². The maximum atomic E-state index is 10.9. The van der Waals surface area contributed by atoms with Gasteiger partial charge in [-0.15, -0.1) is 0 Å². The first-order valence-electron chi connectivity index (χ1n) is 7.92. The van der Waals surface area contributed by atoms with E-state index in [1.807, 2.05) is 50.2 Å². The lowest BCUT2D eigenvalue weighted by molar-refractivity contribution is -0.146. The number of ether oxygens (including phenoxy) is 2. The summed E-state index contributed by atoms with van der Waals surface area (Å²) in [6.45, 7) is 5.22. The highest BCUT2D eigenvalue weighted by Gasteiger charge is 2.12. The molecule has 4 heteroatoms. The summed E-state index contributed by atoms with van der Waals surface area (Å²) < 4.78 is 11.0. The van der Waals surface area contributed by atoms with Gasteiger partial charge >= 0.3 is 5.97 Å². The Balaban J connectivity index is 1.96. The SMILES string of the molecule is CC(=O)O[C@@H](C)C[C@H](C)Oc1ccc(-c2ccc(C#N)cc2)cc1. The van der Waals surface area contributed by atoms with E-state index >= 15 is 0 Å². The molecule has 0 aliphatic rings. The smallest absolute Gasteiger partial charge is 0.302 e. The molecule has 0 radical (unpaired) electrons. The lowest BCUT2D eigenvalue weighted by Crippen LogP contribution is -2.22. The molecule has 2 atom stereocenters. The second kappa shape index (κ2) is 8.16. The first-order valence-corrected chi connectivity index (χ1v) is 7.92. The predicted octanol–water partition coefficient (Wildman–Crippen LogP) is 4.33. The molecule has 0 fully saturated rings. The maximum absolute atomic E-state index is 10.9. The van der Waals surface area contributed by atoms with E-state index in [1.165, 1.54) is 6.92 Å². The number of carbonyl (C=O) groups is 1. The highest BCUT2D eigenvalue weighted by Crippen LogP contribution is 2.23. The van der Waals surface area contributed by atoms with Gasteiger partial charge in [-0.25, -0.2) is 0 Å². The number of benzene rings is 2. The van der Waals surface area contributed by atoms with Gasteiger partial charge in [0.1, 0.15) is 11.9 Å². The summed E-state index contributed by atoms with van der Waals surface area (Å²) in [5.41, 5.74) is 2.76. The topological polar surface area (TPSA) is 59.3 Å². The molecule has 0 saturated carbocycles. The zero-order chi connectivity index (χ0) is 17.5. The highest BCUT2D eigenvalue weighted by atomic mass is 16.5. The molecule has 0 N–H and O–H groups in total. The minimum absolute atomic E-state index is 0.0555. The van der Waals surface area contributed by atoms with Crippen LogP contribution in [0.4, 0.5) is 0 Å². The molecular weight excluding hydrogens is 302 g/mol. The monoisotopic (exact) mass is 323 g/mol. The molecule has 0 aromatic heterocycles. The maximum Gasteiger partial charge on any atom is 0.302 e. The summed E-state index contributed by atoms with van der Waals surface area (Å²) >= 11 is 0. The molecule has 0 heterocycles. The van der Waals surface area contributed by atoms with E-state index in [1.54, 1.807) is 12.1 Å². The first kappa shape index (κ1) is 17.6. The Morgan fingerprint density at radius 2 is 1.54 bits per heavy atom. The van der Waals surface area contributed by atoms with Crippen LogP contribution < -0.4 is 4.74 Å². The average molecular weight is 323 g/mol. The molecular formula is C20H21NO3. The summed E-state index contributed by atoms with van der Waals surface area (Å²) in [7, 11) is 0. The molecule has 2 aromatic rings. The van der Waals surface area contributed by atoms with E-state index in [-0.39, 0.29) is 18.2 Å². The molecule has 4 nitrogen and oxygen atoms in total. The number of esters is 1. The van der Waals surface area contributed by atoms with Gasteiger partial charge in [0.25, 0.3) is 0 Å². The van der Waals surface area contributed by atoms with Gasteiger partial charge in [-0.2, -0.15) is 5.26 Å². The van der Waals surface area contributed by atoms with Crippen LogP contribution in [0.25, 0.3) is 11.1 Å². The lowest BCUT2D eigenvalue weighted by Gasteiger charge is -2.19. The van der Waals surface area contributed by atoms with Crippen molar-refractivity contribution < 1.29 is 14.3 Å². The number of hydrogen-bond donors (Lipinski definition) is 0. The van der Waals surface area contributed by atoms with Crippen LogP contribution in [0.5, 0.6) is 5.75 Å². The third-order valence-electron chi connectivity index (χ3n) is 3.57. The second-order valence-corrected chi connectivity index (χ2v) is 5.80. The van der Waals surface area contributed by atoms with Crippen LogP contribution in [0.2, 0.25) is 0 Å². The van der Waals surface area contributed by atoms with Crippen LogP contribution in [-0.4, -0.2) is 18.2 Å². The molecule has 0 spiro atoms. The van der Waals surface area contributed by atoms with Gasteiger partial charge < -0.3 is 9.47 Å². The van der Waals surface area contributed by atoms with E-state index < -0.39 is 0 Å². The van der Waals surface area contributed by atoms with Gasteiger partial charge in [0.05, 0.1) is 17.7 Å². The first-order chi connectivity index (χ1) is 11.5. The van der Waals surface area contributed by atoms with Crippen molar-refractivity contribution in [1.29, 1.82) is 5.26 Å². The number of nitrogens with zero attached hydrogens (tertiary/aromatic N) is 1. The van der Waals surface area contributed by atoms with Gasteiger partial charge in [0.15, 0.2) is 0 Å². The Morgan fingerprint density at radius 3 is 2.04 bits per heavy atom.